The van der Waals surface area contributed by atoms with Crippen molar-refractivity contribution in [2.75, 3.05) is 11.5 Å². The lowest BCUT2D eigenvalue weighted by Crippen LogP contribution is -2.53. The molecule has 2 atom stereocenters. The number of rotatable bonds is 8. The molecule has 0 saturated carbocycles. The molecule has 1 aliphatic carbocycles. The van der Waals surface area contributed by atoms with Crippen molar-refractivity contribution in [2.45, 2.75) is 50.7 Å². The van der Waals surface area contributed by atoms with Gasteiger partial charge in [-0.1, -0.05) is 99.6 Å². The molecule has 0 bridgehead atoms. The maximum Gasteiger partial charge on any atom is 0.419 e. The second-order valence-corrected chi connectivity index (χ2v) is 15.7. The van der Waals surface area contributed by atoms with E-state index in [9.17, 15) is 18.7 Å². The van der Waals surface area contributed by atoms with Gasteiger partial charge >= 0.3 is 6.09 Å². The molecule has 5 aromatic carbocycles. The predicted octanol–water partition coefficient (Wildman–Crippen LogP) is 7.51. The topological polar surface area (TPSA) is 59.0 Å². The maximum atomic E-state index is 13.9. The number of halogens is 2. The molecule has 0 aliphatic heterocycles. The summed E-state index contributed by atoms with van der Waals surface area (Å²) in [5, 5.41) is 14.7. The van der Waals surface area contributed by atoms with Gasteiger partial charge in [-0.3, -0.25) is 0 Å². The molecule has 6 rings (SSSR count). The summed E-state index contributed by atoms with van der Waals surface area (Å²) in [6.07, 6.45) is -0.740. The molecular weight excluding hydrogens is 625 g/mol. The first-order chi connectivity index (χ1) is 23.0. The number of hydrogen-bond acceptors (Lipinski definition) is 4. The lowest BCUT2D eigenvalue weighted by molar-refractivity contribution is -0.108. The Morgan fingerprint density at radius 1 is 0.792 bits per heavy atom. The lowest BCUT2D eigenvalue weighted by Gasteiger charge is -2.43. The standard InChI is InChI=1S/C40H39F2NO4Si/c1-39(2,3)36-16-10-15-35-34(36)25-26-40(45,37(35)47-48(32-11-6-4-7-12-32)33-13-8-5-9-14-33)27-46-38(44)43(30-21-17-28(41)18-22-30)31-23-19-29(42)20-24-31/h4-24,37,45,48H,25-27H2,1-3H3/t37?,40-/m1/s1. The fourth-order valence-electron chi connectivity index (χ4n) is 6.47. The van der Waals surface area contributed by atoms with Gasteiger partial charge in [0.25, 0.3) is 0 Å². The Bertz CT molecular complexity index is 1760. The van der Waals surface area contributed by atoms with E-state index < -0.39 is 38.5 Å². The largest absolute Gasteiger partial charge is 0.446 e. The summed E-state index contributed by atoms with van der Waals surface area (Å²) in [5.74, 6) is -0.932. The van der Waals surface area contributed by atoms with Crippen LogP contribution in [0.1, 0.15) is 50.0 Å². The number of carbonyl (C=O) groups excluding carboxylic acids is 1. The number of nitrogens with zero attached hydrogens (tertiary/aromatic N) is 1. The summed E-state index contributed by atoms with van der Waals surface area (Å²) in [4.78, 5) is 15.1. The second kappa shape index (κ2) is 13.8. The zero-order chi connectivity index (χ0) is 33.9. The average Bonchev–Trinajstić information content (AvgIpc) is 3.09. The highest BCUT2D eigenvalue weighted by Crippen LogP contribution is 2.44. The monoisotopic (exact) mass is 663 g/mol. The highest BCUT2D eigenvalue weighted by atomic mass is 28.3. The quantitative estimate of drug-likeness (QED) is 0.175. The SMILES string of the molecule is CC(C)(C)c1cccc2c1CC[C@@](O)(COC(=O)N(c1ccc(F)cc1)c1ccc(F)cc1)C2O[SiH](c1ccccc1)c1ccccc1. The first kappa shape index (κ1) is 33.3. The zero-order valence-corrected chi connectivity index (χ0v) is 28.4. The molecule has 0 fully saturated rings. The van der Waals surface area contributed by atoms with Crippen LogP contribution in [0.2, 0.25) is 0 Å². The van der Waals surface area contributed by atoms with Crippen molar-refractivity contribution >= 4 is 36.9 Å². The molecule has 0 aromatic heterocycles. The molecule has 0 saturated heterocycles. The van der Waals surface area contributed by atoms with Crippen molar-refractivity contribution in [1.29, 1.82) is 0 Å². The van der Waals surface area contributed by atoms with E-state index >= 15 is 0 Å². The van der Waals surface area contributed by atoms with E-state index in [0.717, 1.165) is 21.5 Å². The molecule has 48 heavy (non-hydrogen) atoms. The molecular formula is C40H39F2NO4Si. The van der Waals surface area contributed by atoms with Gasteiger partial charge in [-0.25, -0.2) is 18.5 Å². The van der Waals surface area contributed by atoms with Gasteiger partial charge in [-0.2, -0.15) is 0 Å². The molecule has 1 amide bonds. The van der Waals surface area contributed by atoms with Gasteiger partial charge in [-0.05, 0) is 93.9 Å². The van der Waals surface area contributed by atoms with E-state index in [1.54, 1.807) is 0 Å². The van der Waals surface area contributed by atoms with Crippen LogP contribution in [0, 0.1) is 11.6 Å². The minimum Gasteiger partial charge on any atom is -0.446 e. The minimum atomic E-state index is -2.38. The van der Waals surface area contributed by atoms with Crippen molar-refractivity contribution in [1.82, 2.24) is 0 Å². The van der Waals surface area contributed by atoms with Crippen LogP contribution >= 0.6 is 0 Å². The van der Waals surface area contributed by atoms with Gasteiger partial charge in [0.2, 0.25) is 9.04 Å². The Balaban J connectivity index is 1.38. The highest BCUT2D eigenvalue weighted by Gasteiger charge is 2.47. The van der Waals surface area contributed by atoms with E-state index in [1.165, 1.54) is 59.0 Å². The van der Waals surface area contributed by atoms with Crippen LogP contribution in [-0.2, 0) is 21.0 Å². The molecule has 8 heteroatoms. The molecule has 0 heterocycles. The predicted molar refractivity (Wildman–Crippen MR) is 188 cm³/mol. The van der Waals surface area contributed by atoms with E-state index in [4.69, 9.17) is 9.16 Å². The Kier molecular flexibility index (Phi) is 9.60. The third kappa shape index (κ3) is 7.11. The van der Waals surface area contributed by atoms with Gasteiger partial charge in [0.1, 0.15) is 29.9 Å². The van der Waals surface area contributed by atoms with Gasteiger partial charge in [0.15, 0.2) is 0 Å². The van der Waals surface area contributed by atoms with Crippen LogP contribution < -0.4 is 15.3 Å². The summed E-state index contributed by atoms with van der Waals surface area (Å²) < 4.78 is 40.8. The molecule has 0 spiro atoms. The summed E-state index contributed by atoms with van der Waals surface area (Å²) in [7, 11) is -2.38. The van der Waals surface area contributed by atoms with Crippen LogP contribution in [0.4, 0.5) is 25.0 Å². The third-order valence-corrected chi connectivity index (χ3v) is 11.4. The number of ether oxygens (including phenoxy) is 1. The highest BCUT2D eigenvalue weighted by molar-refractivity contribution is 6.80. The average molecular weight is 664 g/mol. The first-order valence-corrected chi connectivity index (χ1v) is 17.7. The number of benzene rings is 5. The number of amides is 1. The molecule has 1 unspecified atom stereocenters. The van der Waals surface area contributed by atoms with Crippen LogP contribution in [0.25, 0.3) is 0 Å². The summed E-state index contributed by atoms with van der Waals surface area (Å²) in [6, 6.07) is 37.0. The zero-order valence-electron chi connectivity index (χ0n) is 27.3. The van der Waals surface area contributed by atoms with Crippen LogP contribution in [0.3, 0.4) is 0 Å². The van der Waals surface area contributed by atoms with Crippen LogP contribution in [0.15, 0.2) is 127 Å². The van der Waals surface area contributed by atoms with Gasteiger partial charge < -0.3 is 14.3 Å². The fraction of sp³-hybridized carbons (Fsp3) is 0.225. The van der Waals surface area contributed by atoms with E-state index in [2.05, 4.69) is 51.1 Å². The second-order valence-electron chi connectivity index (χ2n) is 13.3. The van der Waals surface area contributed by atoms with Crippen molar-refractivity contribution in [3.8, 4) is 0 Å². The first-order valence-electron chi connectivity index (χ1n) is 16.1. The molecule has 1 N–H and O–H groups in total. The van der Waals surface area contributed by atoms with Gasteiger partial charge in [-0.15, -0.1) is 0 Å². The Labute approximate surface area is 282 Å². The van der Waals surface area contributed by atoms with Gasteiger partial charge in [0, 0.05) is 0 Å². The summed E-state index contributed by atoms with van der Waals surface area (Å²) in [5.41, 5.74) is 2.15. The van der Waals surface area contributed by atoms with Crippen LogP contribution in [-0.4, -0.2) is 32.4 Å². The normalized spacial score (nSPS) is 17.5. The van der Waals surface area contributed by atoms with Crippen molar-refractivity contribution in [2.24, 2.45) is 0 Å². The molecule has 5 nitrogen and oxygen atoms in total. The number of carbonyl (C=O) groups is 1. The van der Waals surface area contributed by atoms with Crippen molar-refractivity contribution in [3.05, 3.63) is 156 Å². The molecule has 246 valence electrons. The fourth-order valence-corrected chi connectivity index (χ4v) is 8.99. The smallest absolute Gasteiger partial charge is 0.419 e. The van der Waals surface area contributed by atoms with E-state index in [0.29, 0.717) is 24.2 Å². The van der Waals surface area contributed by atoms with Crippen molar-refractivity contribution < 1.29 is 27.8 Å². The summed E-state index contributed by atoms with van der Waals surface area (Å²) in [6.45, 7) is 6.16. The van der Waals surface area contributed by atoms with E-state index in [1.807, 2.05) is 48.5 Å². The van der Waals surface area contributed by atoms with Crippen LogP contribution in [0.5, 0.6) is 0 Å². The summed E-state index contributed by atoms with van der Waals surface area (Å²) >= 11 is 0. The molecule has 0 radical (unpaired) electrons. The lowest BCUT2D eigenvalue weighted by atomic mass is 9.72. The van der Waals surface area contributed by atoms with Crippen molar-refractivity contribution in [3.63, 3.8) is 0 Å². The minimum absolute atomic E-state index is 0.141. The number of aliphatic hydroxyl groups is 1. The number of anilines is 2. The van der Waals surface area contributed by atoms with Gasteiger partial charge in [0.05, 0.1) is 11.4 Å². The number of fused-ring (bicyclic) bond motifs is 1. The Hall–Kier alpha value is -4.63. The third-order valence-electron chi connectivity index (χ3n) is 8.87. The maximum absolute atomic E-state index is 13.9. The Morgan fingerprint density at radius 2 is 1.31 bits per heavy atom. The molecule has 1 aliphatic rings. The van der Waals surface area contributed by atoms with E-state index in [-0.39, 0.29) is 12.0 Å². The number of hydrogen-bond donors (Lipinski definition) is 1. The Morgan fingerprint density at radius 3 is 1.81 bits per heavy atom. The molecule has 5 aromatic rings.